The van der Waals surface area contributed by atoms with Crippen LogP contribution in [0.15, 0.2) is 24.3 Å². The molecule has 0 aliphatic carbocycles. The Labute approximate surface area is 109 Å². The fourth-order valence-corrected chi connectivity index (χ4v) is 1.37. The molecule has 1 nitrogen and oxygen atoms in total. The summed E-state index contributed by atoms with van der Waals surface area (Å²) in [6.45, 7) is 1.87. The third-order valence-electron chi connectivity index (χ3n) is 2.74. The third-order valence-corrected chi connectivity index (χ3v) is 2.74. The highest BCUT2D eigenvalue weighted by Gasteiger charge is 2.15. The molecule has 0 aliphatic heterocycles. The topological polar surface area (TPSA) is 20.2 Å². The Balaban J connectivity index is 2.43. The third kappa shape index (κ3) is 4.29. The van der Waals surface area contributed by atoms with E-state index in [0.717, 1.165) is 5.56 Å². The Kier molecular flexibility index (Phi) is 4.92. The monoisotopic (exact) mass is 236 g/mol. The summed E-state index contributed by atoms with van der Waals surface area (Å²) in [5.41, 5.74) is 0.588. The van der Waals surface area contributed by atoms with Crippen LogP contribution < -0.4 is 0 Å². The number of hydrogen-bond acceptors (Lipinski definition) is 1. The first-order valence-electron chi connectivity index (χ1n) is 5.79. The lowest BCUT2D eigenvalue weighted by atomic mass is 9.88. The molecule has 0 bridgehead atoms. The molecule has 1 aromatic carbocycles. The van der Waals surface area contributed by atoms with Gasteiger partial charge in [-0.25, -0.2) is 0 Å². The molecule has 0 aromatic heterocycles. The molecular weight excluding hydrogens is 220 g/mol. The summed E-state index contributed by atoms with van der Waals surface area (Å²) in [5.74, 6) is 11.6. The zero-order valence-electron chi connectivity index (χ0n) is 10.5. The lowest BCUT2D eigenvalue weighted by molar-refractivity contribution is 0.475. The van der Waals surface area contributed by atoms with Gasteiger partial charge < -0.3 is 5.11 Å². The van der Waals surface area contributed by atoms with Gasteiger partial charge in [-0.3, -0.25) is 0 Å². The molecule has 0 atom stereocenters. The minimum atomic E-state index is -0.493. The Hall–Kier alpha value is -2.30. The van der Waals surface area contributed by atoms with Gasteiger partial charge in [-0.15, -0.1) is 18.8 Å². The predicted molar refractivity (Wildman–Crippen MR) is 74.6 cm³/mol. The summed E-state index contributed by atoms with van der Waals surface area (Å²) in [4.78, 5) is 0. The maximum atomic E-state index is 9.14. The number of rotatable bonds is 3. The number of aromatic hydroxyl groups is 1. The molecule has 0 amide bonds. The highest BCUT2D eigenvalue weighted by molar-refractivity contribution is 5.28. The quantitative estimate of drug-likeness (QED) is 0.800. The lowest BCUT2D eigenvalue weighted by Crippen LogP contribution is -2.09. The average Bonchev–Trinajstić information content (AvgIpc) is 2.40. The second-order valence-corrected chi connectivity index (χ2v) is 4.32. The maximum Gasteiger partial charge on any atom is 0.115 e. The largest absolute Gasteiger partial charge is 0.508 e. The first-order chi connectivity index (χ1) is 8.59. The van der Waals surface area contributed by atoms with Gasteiger partial charge in [0.2, 0.25) is 0 Å². The van der Waals surface area contributed by atoms with E-state index >= 15 is 0 Å². The van der Waals surface area contributed by atoms with E-state index in [0.29, 0.717) is 19.3 Å². The highest BCUT2D eigenvalue weighted by Crippen LogP contribution is 2.20. The van der Waals surface area contributed by atoms with E-state index < -0.39 is 5.41 Å². The van der Waals surface area contributed by atoms with Crippen LogP contribution in [0.3, 0.4) is 0 Å². The van der Waals surface area contributed by atoms with Crippen LogP contribution in [-0.2, 0) is 6.42 Å². The molecule has 0 unspecified atom stereocenters. The summed E-state index contributed by atoms with van der Waals surface area (Å²) in [7, 11) is 0. The molecule has 0 spiro atoms. The van der Waals surface area contributed by atoms with Gasteiger partial charge in [0, 0.05) is 12.8 Å². The van der Waals surface area contributed by atoms with Gasteiger partial charge >= 0.3 is 0 Å². The van der Waals surface area contributed by atoms with Crippen molar-refractivity contribution in [3.63, 3.8) is 0 Å². The predicted octanol–water partition coefficient (Wildman–Crippen LogP) is 2.99. The van der Waals surface area contributed by atoms with Crippen LogP contribution >= 0.6 is 0 Å². The van der Waals surface area contributed by atoms with Gasteiger partial charge in [0.1, 0.15) is 5.75 Å². The van der Waals surface area contributed by atoms with E-state index in [-0.39, 0.29) is 5.75 Å². The summed E-state index contributed by atoms with van der Waals surface area (Å²) in [6.07, 6.45) is 12.8. The van der Waals surface area contributed by atoms with Crippen molar-refractivity contribution in [2.24, 2.45) is 5.41 Å². The summed E-state index contributed by atoms with van der Waals surface area (Å²) in [5, 5.41) is 9.14. The van der Waals surface area contributed by atoms with Crippen LogP contribution in [-0.4, -0.2) is 5.11 Å². The van der Waals surface area contributed by atoms with Crippen LogP contribution in [0.5, 0.6) is 5.75 Å². The zero-order valence-corrected chi connectivity index (χ0v) is 10.5. The first kappa shape index (κ1) is 13.8. The highest BCUT2D eigenvalue weighted by atomic mass is 16.3. The standard InChI is InChI=1S/C17H16O/c1-4-17(3,5-2)14-8-6-7-9-15-10-12-16(18)13-11-15/h1-2,10-13,18H,8-9,14H2,3H3. The average molecular weight is 236 g/mol. The van der Waals surface area contributed by atoms with Crippen molar-refractivity contribution in [2.75, 3.05) is 0 Å². The molecule has 1 aromatic rings. The number of phenolic OH excluding ortho intramolecular Hbond substituents is 1. The van der Waals surface area contributed by atoms with Crippen molar-refractivity contribution in [1.29, 1.82) is 0 Å². The molecule has 1 rings (SSSR count). The van der Waals surface area contributed by atoms with Crippen LogP contribution in [0.1, 0.15) is 25.3 Å². The first-order valence-corrected chi connectivity index (χ1v) is 5.79. The Bertz CT molecular complexity index is 512. The van der Waals surface area contributed by atoms with Crippen molar-refractivity contribution >= 4 is 0 Å². The fourth-order valence-electron chi connectivity index (χ4n) is 1.37. The van der Waals surface area contributed by atoms with E-state index in [2.05, 4.69) is 23.7 Å². The Morgan fingerprint density at radius 3 is 2.28 bits per heavy atom. The van der Waals surface area contributed by atoms with Gasteiger partial charge in [0.25, 0.3) is 0 Å². The number of benzene rings is 1. The van der Waals surface area contributed by atoms with Crippen molar-refractivity contribution < 1.29 is 5.11 Å². The zero-order chi connectivity index (χ0) is 13.4. The lowest BCUT2D eigenvalue weighted by Gasteiger charge is -2.13. The molecule has 18 heavy (non-hydrogen) atoms. The van der Waals surface area contributed by atoms with Crippen molar-refractivity contribution in [1.82, 2.24) is 0 Å². The maximum absolute atomic E-state index is 9.14. The van der Waals surface area contributed by atoms with E-state index in [9.17, 15) is 0 Å². The van der Waals surface area contributed by atoms with Crippen LogP contribution in [0.2, 0.25) is 0 Å². The van der Waals surface area contributed by atoms with Crippen molar-refractivity contribution in [3.8, 4) is 42.3 Å². The molecule has 0 fully saturated rings. The van der Waals surface area contributed by atoms with Crippen LogP contribution in [0.4, 0.5) is 0 Å². The van der Waals surface area contributed by atoms with E-state index in [1.54, 1.807) is 12.1 Å². The molecule has 1 N–H and O–H groups in total. The van der Waals surface area contributed by atoms with E-state index in [1.165, 1.54) is 0 Å². The van der Waals surface area contributed by atoms with Crippen LogP contribution in [0.25, 0.3) is 0 Å². The van der Waals surface area contributed by atoms with E-state index in [4.69, 9.17) is 18.0 Å². The normalized spacial score (nSPS) is 9.72. The van der Waals surface area contributed by atoms with Gasteiger partial charge in [-0.1, -0.05) is 29.9 Å². The second kappa shape index (κ2) is 6.44. The Morgan fingerprint density at radius 1 is 1.11 bits per heavy atom. The minimum Gasteiger partial charge on any atom is -0.508 e. The second-order valence-electron chi connectivity index (χ2n) is 4.32. The van der Waals surface area contributed by atoms with Gasteiger partial charge in [0.15, 0.2) is 0 Å². The van der Waals surface area contributed by atoms with Gasteiger partial charge in [0.05, 0.1) is 5.41 Å². The SMILES string of the molecule is C#CC(C)(C#C)CCC#CCc1ccc(O)cc1. The minimum absolute atomic E-state index is 0.269. The van der Waals surface area contributed by atoms with Crippen molar-refractivity contribution in [2.45, 2.75) is 26.2 Å². The molecule has 0 radical (unpaired) electrons. The molecule has 0 saturated heterocycles. The van der Waals surface area contributed by atoms with Crippen LogP contribution in [0, 0.1) is 41.9 Å². The number of phenols is 1. The molecule has 0 aliphatic rings. The molecule has 1 heteroatoms. The summed E-state index contributed by atoms with van der Waals surface area (Å²) < 4.78 is 0. The number of terminal acetylenes is 2. The van der Waals surface area contributed by atoms with Gasteiger partial charge in [-0.2, -0.15) is 0 Å². The van der Waals surface area contributed by atoms with E-state index in [1.807, 2.05) is 19.1 Å². The Morgan fingerprint density at radius 2 is 1.72 bits per heavy atom. The fraction of sp³-hybridized carbons (Fsp3) is 0.294. The summed E-state index contributed by atoms with van der Waals surface area (Å²) in [6, 6.07) is 7.03. The number of hydrogen-bond donors (Lipinski definition) is 1. The molecule has 0 heterocycles. The smallest absolute Gasteiger partial charge is 0.115 e. The van der Waals surface area contributed by atoms with Gasteiger partial charge in [-0.05, 0) is 31.0 Å². The van der Waals surface area contributed by atoms with Crippen molar-refractivity contribution in [3.05, 3.63) is 29.8 Å². The molecule has 0 saturated carbocycles. The summed E-state index contributed by atoms with van der Waals surface area (Å²) >= 11 is 0. The molecular formula is C17H16O. The molecule has 90 valence electrons.